The summed E-state index contributed by atoms with van der Waals surface area (Å²) < 4.78 is 7.15. The quantitative estimate of drug-likeness (QED) is 0.916. The molecule has 0 aromatic heterocycles. The molecule has 2 aliphatic rings. The van der Waals surface area contributed by atoms with Gasteiger partial charge in [0.1, 0.15) is 11.9 Å². The Bertz CT molecular complexity index is 480. The number of hydrogen-bond donors (Lipinski definition) is 1. The third-order valence-corrected chi connectivity index (χ3v) is 4.97. The van der Waals surface area contributed by atoms with E-state index in [1.54, 1.807) is 0 Å². The number of halogens is 1. The van der Waals surface area contributed by atoms with Crippen LogP contribution in [0.3, 0.4) is 0 Å². The van der Waals surface area contributed by atoms with Crippen molar-refractivity contribution in [3.63, 3.8) is 0 Å². The molecule has 2 aliphatic heterocycles. The fourth-order valence-electron chi connectivity index (χ4n) is 3.34. The Kier molecular flexibility index (Phi) is 4.34. The molecule has 0 radical (unpaired) electrons. The van der Waals surface area contributed by atoms with Gasteiger partial charge in [-0.05, 0) is 49.7 Å². The maximum atomic E-state index is 6.02. The number of benzene rings is 1. The molecule has 3 nitrogen and oxygen atoms in total. The van der Waals surface area contributed by atoms with Crippen LogP contribution in [0.25, 0.3) is 0 Å². The molecule has 1 saturated heterocycles. The first-order valence-corrected chi connectivity index (χ1v) is 8.28. The fourth-order valence-corrected chi connectivity index (χ4v) is 3.75. The third-order valence-electron chi connectivity index (χ3n) is 4.48. The molecule has 3 atom stereocenters. The molecular formula is C16H23BrN2O. The highest BCUT2D eigenvalue weighted by molar-refractivity contribution is 9.10. The van der Waals surface area contributed by atoms with Gasteiger partial charge in [0.15, 0.2) is 0 Å². The van der Waals surface area contributed by atoms with Crippen LogP contribution in [-0.4, -0.2) is 43.7 Å². The molecular weight excluding hydrogens is 316 g/mol. The molecule has 1 aromatic rings. The molecule has 3 rings (SSSR count). The van der Waals surface area contributed by atoms with Gasteiger partial charge in [-0.15, -0.1) is 0 Å². The number of piperidine rings is 1. The van der Waals surface area contributed by atoms with Crippen molar-refractivity contribution in [1.82, 2.24) is 10.2 Å². The zero-order valence-corrected chi connectivity index (χ0v) is 13.8. The molecule has 4 heteroatoms. The van der Waals surface area contributed by atoms with E-state index in [2.05, 4.69) is 52.3 Å². The number of nitrogens with zero attached hydrogens (tertiary/aromatic N) is 1. The van der Waals surface area contributed by atoms with E-state index < -0.39 is 0 Å². The van der Waals surface area contributed by atoms with Gasteiger partial charge in [-0.2, -0.15) is 0 Å². The summed E-state index contributed by atoms with van der Waals surface area (Å²) in [7, 11) is 2.21. The Hall–Kier alpha value is -0.580. The second-order valence-corrected chi connectivity index (χ2v) is 7.15. The van der Waals surface area contributed by atoms with Crippen LogP contribution in [0, 0.1) is 5.92 Å². The van der Waals surface area contributed by atoms with Crippen LogP contribution >= 0.6 is 15.9 Å². The lowest BCUT2D eigenvalue weighted by atomic mass is 9.94. The van der Waals surface area contributed by atoms with Crippen LogP contribution in [0.4, 0.5) is 0 Å². The molecule has 3 unspecified atom stereocenters. The van der Waals surface area contributed by atoms with Crippen LogP contribution in [0.15, 0.2) is 22.7 Å². The van der Waals surface area contributed by atoms with Crippen molar-refractivity contribution in [3.8, 4) is 5.75 Å². The number of rotatable bonds is 3. The highest BCUT2D eigenvalue weighted by Crippen LogP contribution is 2.31. The van der Waals surface area contributed by atoms with E-state index in [4.69, 9.17) is 4.74 Å². The zero-order chi connectivity index (χ0) is 14.1. The highest BCUT2D eigenvalue weighted by Gasteiger charge is 2.27. The Morgan fingerprint density at radius 2 is 2.30 bits per heavy atom. The topological polar surface area (TPSA) is 24.5 Å². The minimum Gasteiger partial charge on any atom is -0.488 e. The first-order chi connectivity index (χ1) is 9.61. The van der Waals surface area contributed by atoms with Crippen molar-refractivity contribution >= 4 is 15.9 Å². The van der Waals surface area contributed by atoms with Gasteiger partial charge in [0.2, 0.25) is 0 Å². The molecule has 0 saturated carbocycles. The lowest BCUT2D eigenvalue weighted by molar-refractivity contribution is 0.156. The maximum absolute atomic E-state index is 6.02. The van der Waals surface area contributed by atoms with Crippen LogP contribution < -0.4 is 10.1 Å². The average Bonchev–Trinajstić information content (AvgIpc) is 2.79. The smallest absolute Gasteiger partial charge is 0.123 e. The molecule has 110 valence electrons. The number of nitrogens with one attached hydrogen (secondary N) is 1. The van der Waals surface area contributed by atoms with Gasteiger partial charge in [0.25, 0.3) is 0 Å². The summed E-state index contributed by atoms with van der Waals surface area (Å²) in [5.74, 6) is 1.77. The monoisotopic (exact) mass is 338 g/mol. The first kappa shape index (κ1) is 14.4. The predicted octanol–water partition coefficient (Wildman–Crippen LogP) is 2.68. The van der Waals surface area contributed by atoms with Gasteiger partial charge in [-0.3, -0.25) is 0 Å². The van der Waals surface area contributed by atoms with Crippen LogP contribution in [0.5, 0.6) is 5.75 Å². The van der Waals surface area contributed by atoms with Gasteiger partial charge >= 0.3 is 0 Å². The van der Waals surface area contributed by atoms with Gasteiger partial charge < -0.3 is 15.0 Å². The number of likely N-dealkylation sites (tertiary alicyclic amines) is 1. The average molecular weight is 339 g/mol. The lowest BCUT2D eigenvalue weighted by Crippen LogP contribution is -2.49. The molecule has 1 N–H and O–H groups in total. The Balaban J connectivity index is 1.51. The first-order valence-electron chi connectivity index (χ1n) is 7.49. The summed E-state index contributed by atoms with van der Waals surface area (Å²) in [6.07, 6.45) is 2.54. The van der Waals surface area contributed by atoms with Crippen molar-refractivity contribution < 1.29 is 4.74 Å². The number of hydrogen-bond acceptors (Lipinski definition) is 3. The van der Waals surface area contributed by atoms with Gasteiger partial charge in [-0.1, -0.05) is 22.9 Å². The molecule has 20 heavy (non-hydrogen) atoms. The van der Waals surface area contributed by atoms with E-state index >= 15 is 0 Å². The number of ether oxygens (including phenoxy) is 1. The second-order valence-electron chi connectivity index (χ2n) is 6.24. The lowest BCUT2D eigenvalue weighted by Gasteiger charge is -2.35. The summed E-state index contributed by atoms with van der Waals surface area (Å²) in [6.45, 7) is 5.68. The Morgan fingerprint density at radius 1 is 1.45 bits per heavy atom. The highest BCUT2D eigenvalue weighted by atomic mass is 79.9. The zero-order valence-electron chi connectivity index (χ0n) is 12.2. The number of fused-ring (bicyclic) bond motifs is 1. The van der Waals surface area contributed by atoms with Crippen molar-refractivity contribution in [2.45, 2.75) is 31.9 Å². The minimum atomic E-state index is 0.283. The molecule has 0 bridgehead atoms. The van der Waals surface area contributed by atoms with Crippen molar-refractivity contribution in [2.24, 2.45) is 5.92 Å². The van der Waals surface area contributed by atoms with Gasteiger partial charge in [0, 0.05) is 30.0 Å². The van der Waals surface area contributed by atoms with E-state index in [0.717, 1.165) is 23.2 Å². The Labute approximate surface area is 129 Å². The Morgan fingerprint density at radius 3 is 3.10 bits per heavy atom. The summed E-state index contributed by atoms with van der Waals surface area (Å²) >= 11 is 3.52. The molecule has 0 aliphatic carbocycles. The van der Waals surface area contributed by atoms with E-state index in [0.29, 0.717) is 12.0 Å². The van der Waals surface area contributed by atoms with Gasteiger partial charge in [0.05, 0.1) is 0 Å². The van der Waals surface area contributed by atoms with E-state index in [-0.39, 0.29) is 6.10 Å². The second kappa shape index (κ2) is 6.04. The maximum Gasteiger partial charge on any atom is 0.123 e. The van der Waals surface area contributed by atoms with Crippen molar-refractivity contribution in [2.75, 3.05) is 26.7 Å². The van der Waals surface area contributed by atoms with Crippen molar-refractivity contribution in [3.05, 3.63) is 28.2 Å². The molecule has 1 aromatic carbocycles. The SMILES string of the molecule is CC1CN(C)CCC1NCC1Cc2cc(Br)ccc2O1. The summed E-state index contributed by atoms with van der Waals surface area (Å²) in [5, 5.41) is 3.72. The molecule has 0 amide bonds. The third kappa shape index (κ3) is 3.18. The largest absolute Gasteiger partial charge is 0.488 e. The summed E-state index contributed by atoms with van der Waals surface area (Å²) in [4.78, 5) is 2.42. The normalized spacial score (nSPS) is 30.1. The standard InChI is InChI=1S/C16H23BrN2O/c1-11-10-19(2)6-5-15(11)18-9-14-8-12-7-13(17)3-4-16(12)20-14/h3-4,7,11,14-15,18H,5-6,8-10H2,1-2H3. The van der Waals surface area contributed by atoms with E-state index in [1.165, 1.54) is 25.1 Å². The fraction of sp³-hybridized carbons (Fsp3) is 0.625. The summed E-state index contributed by atoms with van der Waals surface area (Å²) in [5.41, 5.74) is 1.32. The molecule has 2 heterocycles. The summed E-state index contributed by atoms with van der Waals surface area (Å²) in [6, 6.07) is 6.92. The predicted molar refractivity (Wildman–Crippen MR) is 85.3 cm³/mol. The van der Waals surface area contributed by atoms with E-state index in [9.17, 15) is 0 Å². The van der Waals surface area contributed by atoms with Crippen molar-refractivity contribution in [1.29, 1.82) is 0 Å². The van der Waals surface area contributed by atoms with Crippen LogP contribution in [0.1, 0.15) is 18.9 Å². The molecule has 1 fully saturated rings. The minimum absolute atomic E-state index is 0.283. The van der Waals surface area contributed by atoms with Crippen LogP contribution in [-0.2, 0) is 6.42 Å². The van der Waals surface area contributed by atoms with Crippen LogP contribution in [0.2, 0.25) is 0 Å². The van der Waals surface area contributed by atoms with E-state index in [1.807, 2.05) is 6.07 Å². The molecule has 0 spiro atoms. The van der Waals surface area contributed by atoms with Gasteiger partial charge in [-0.25, -0.2) is 0 Å².